The molecule has 2 rings (SSSR count). The lowest BCUT2D eigenvalue weighted by atomic mass is 10.1. The Balaban J connectivity index is 1.80. The second kappa shape index (κ2) is 6.78. The number of hydrogen-bond donors (Lipinski definition) is 1. The predicted octanol–water partition coefficient (Wildman–Crippen LogP) is 4.64. The normalized spacial score (nSPS) is 10.3. The van der Waals surface area contributed by atoms with E-state index in [1.165, 1.54) is 20.4 Å². The third-order valence-corrected chi connectivity index (χ3v) is 3.67. The molecule has 0 fully saturated rings. The van der Waals surface area contributed by atoms with Crippen molar-refractivity contribution in [1.29, 1.82) is 0 Å². The lowest BCUT2D eigenvalue weighted by Gasteiger charge is -2.10. The van der Waals surface area contributed by atoms with Gasteiger partial charge in [0.15, 0.2) is 0 Å². The molecular formula is C16H18IN. The van der Waals surface area contributed by atoms with Gasteiger partial charge in [-0.3, -0.25) is 0 Å². The summed E-state index contributed by atoms with van der Waals surface area (Å²) in [5.74, 6) is 0. The fourth-order valence-corrected chi connectivity index (χ4v) is 2.44. The van der Waals surface area contributed by atoms with E-state index in [1.807, 2.05) is 0 Å². The zero-order chi connectivity index (χ0) is 12.8. The van der Waals surface area contributed by atoms with Crippen molar-refractivity contribution < 1.29 is 0 Å². The zero-order valence-corrected chi connectivity index (χ0v) is 12.8. The molecule has 2 heteroatoms. The maximum atomic E-state index is 3.52. The molecule has 0 saturated heterocycles. The first-order chi connectivity index (χ1) is 8.75. The van der Waals surface area contributed by atoms with Crippen LogP contribution in [-0.4, -0.2) is 6.54 Å². The van der Waals surface area contributed by atoms with Crippen LogP contribution in [0.2, 0.25) is 0 Å². The molecule has 0 unspecified atom stereocenters. The number of nitrogens with one attached hydrogen (secondary N) is 1. The summed E-state index contributed by atoms with van der Waals surface area (Å²) in [6.45, 7) is 3.17. The summed E-state index contributed by atoms with van der Waals surface area (Å²) in [5, 5.41) is 3.52. The van der Waals surface area contributed by atoms with E-state index in [4.69, 9.17) is 0 Å². The Hall–Kier alpha value is -1.03. The van der Waals surface area contributed by atoms with Crippen molar-refractivity contribution >= 4 is 28.3 Å². The van der Waals surface area contributed by atoms with Gasteiger partial charge in [0.1, 0.15) is 0 Å². The topological polar surface area (TPSA) is 12.0 Å². The van der Waals surface area contributed by atoms with E-state index in [0.29, 0.717) is 0 Å². The van der Waals surface area contributed by atoms with Crippen LogP contribution in [-0.2, 0) is 6.42 Å². The van der Waals surface area contributed by atoms with E-state index in [1.54, 1.807) is 0 Å². The van der Waals surface area contributed by atoms with E-state index in [-0.39, 0.29) is 0 Å². The molecule has 0 aliphatic carbocycles. The van der Waals surface area contributed by atoms with Gasteiger partial charge in [-0.1, -0.05) is 36.4 Å². The molecule has 0 spiro atoms. The van der Waals surface area contributed by atoms with Crippen molar-refractivity contribution in [3.8, 4) is 0 Å². The fourth-order valence-electron chi connectivity index (χ4n) is 1.94. The fraction of sp³-hybridized carbons (Fsp3) is 0.250. The van der Waals surface area contributed by atoms with Crippen molar-refractivity contribution in [3.05, 3.63) is 63.2 Å². The Morgan fingerprint density at radius 1 is 1.06 bits per heavy atom. The average Bonchev–Trinajstić information content (AvgIpc) is 2.40. The smallest absolute Gasteiger partial charge is 0.0380 e. The van der Waals surface area contributed by atoms with Crippen LogP contribution in [0.1, 0.15) is 17.5 Å². The summed E-state index contributed by atoms with van der Waals surface area (Å²) in [5.41, 5.74) is 3.99. The standard InChI is InChI=1S/C16H18IN/c1-13-9-10-15(17)12-16(13)18-11-5-8-14-6-3-2-4-7-14/h2-4,6-7,9-10,12,18H,5,8,11H2,1H3. The maximum absolute atomic E-state index is 3.52. The molecule has 0 aliphatic rings. The molecule has 18 heavy (non-hydrogen) atoms. The van der Waals surface area contributed by atoms with Crippen molar-refractivity contribution in [2.75, 3.05) is 11.9 Å². The lowest BCUT2D eigenvalue weighted by molar-refractivity contribution is 0.862. The van der Waals surface area contributed by atoms with Gasteiger partial charge >= 0.3 is 0 Å². The third-order valence-electron chi connectivity index (χ3n) is 3.00. The molecule has 94 valence electrons. The summed E-state index contributed by atoms with van der Waals surface area (Å²) >= 11 is 2.35. The van der Waals surface area contributed by atoms with Gasteiger partial charge in [0.05, 0.1) is 0 Å². The van der Waals surface area contributed by atoms with Crippen LogP contribution in [0.15, 0.2) is 48.5 Å². The Labute approximate surface area is 123 Å². The second-order valence-corrected chi connectivity index (χ2v) is 5.72. The highest BCUT2D eigenvalue weighted by molar-refractivity contribution is 14.1. The van der Waals surface area contributed by atoms with Gasteiger partial charge in [-0.15, -0.1) is 0 Å². The van der Waals surface area contributed by atoms with Gasteiger partial charge in [-0.05, 0) is 65.6 Å². The van der Waals surface area contributed by atoms with Crippen LogP contribution in [0.25, 0.3) is 0 Å². The first kappa shape index (κ1) is 13.4. The van der Waals surface area contributed by atoms with Crippen LogP contribution in [0.4, 0.5) is 5.69 Å². The SMILES string of the molecule is Cc1ccc(I)cc1NCCCc1ccccc1. The highest BCUT2D eigenvalue weighted by atomic mass is 127. The molecule has 0 bridgehead atoms. The van der Waals surface area contributed by atoms with Gasteiger partial charge in [-0.2, -0.15) is 0 Å². The number of hydrogen-bond acceptors (Lipinski definition) is 1. The molecule has 0 aliphatic heterocycles. The van der Waals surface area contributed by atoms with Gasteiger partial charge < -0.3 is 5.32 Å². The molecule has 0 saturated carbocycles. The third kappa shape index (κ3) is 4.02. The van der Waals surface area contributed by atoms with E-state index in [9.17, 15) is 0 Å². The van der Waals surface area contributed by atoms with Gasteiger partial charge in [0.2, 0.25) is 0 Å². The van der Waals surface area contributed by atoms with Gasteiger partial charge in [0.25, 0.3) is 0 Å². The van der Waals surface area contributed by atoms with Crippen LogP contribution in [0.5, 0.6) is 0 Å². The quantitative estimate of drug-likeness (QED) is 0.611. The van der Waals surface area contributed by atoms with E-state index >= 15 is 0 Å². The molecule has 1 nitrogen and oxygen atoms in total. The summed E-state index contributed by atoms with van der Waals surface area (Å²) in [6.07, 6.45) is 2.30. The number of aryl methyl sites for hydroxylation is 2. The first-order valence-corrected chi connectivity index (χ1v) is 7.37. The minimum atomic E-state index is 1.02. The predicted molar refractivity (Wildman–Crippen MR) is 87.1 cm³/mol. The highest BCUT2D eigenvalue weighted by Gasteiger charge is 1.98. The van der Waals surface area contributed by atoms with Gasteiger partial charge in [-0.25, -0.2) is 0 Å². The number of halogens is 1. The molecule has 2 aromatic rings. The molecular weight excluding hydrogens is 333 g/mol. The Morgan fingerprint density at radius 2 is 1.83 bits per heavy atom. The first-order valence-electron chi connectivity index (χ1n) is 6.29. The molecule has 1 N–H and O–H groups in total. The van der Waals surface area contributed by atoms with Crippen molar-refractivity contribution in [2.24, 2.45) is 0 Å². The lowest BCUT2D eigenvalue weighted by Crippen LogP contribution is -2.04. The van der Waals surface area contributed by atoms with Crippen LogP contribution >= 0.6 is 22.6 Å². The Kier molecular flexibility index (Phi) is 5.05. The number of benzene rings is 2. The molecule has 0 heterocycles. The van der Waals surface area contributed by atoms with Crippen LogP contribution in [0.3, 0.4) is 0 Å². The summed E-state index contributed by atoms with van der Waals surface area (Å²) < 4.78 is 1.28. The molecule has 0 amide bonds. The maximum Gasteiger partial charge on any atom is 0.0380 e. The molecule has 0 aromatic heterocycles. The number of anilines is 1. The molecule has 0 radical (unpaired) electrons. The van der Waals surface area contributed by atoms with Crippen LogP contribution < -0.4 is 5.32 Å². The van der Waals surface area contributed by atoms with Gasteiger partial charge in [0, 0.05) is 15.8 Å². The van der Waals surface area contributed by atoms with Crippen molar-refractivity contribution in [3.63, 3.8) is 0 Å². The van der Waals surface area contributed by atoms with Crippen molar-refractivity contribution in [1.82, 2.24) is 0 Å². The monoisotopic (exact) mass is 351 g/mol. The summed E-state index contributed by atoms with van der Waals surface area (Å²) in [4.78, 5) is 0. The highest BCUT2D eigenvalue weighted by Crippen LogP contribution is 2.18. The minimum Gasteiger partial charge on any atom is -0.385 e. The van der Waals surface area contributed by atoms with Crippen molar-refractivity contribution in [2.45, 2.75) is 19.8 Å². The minimum absolute atomic E-state index is 1.02. The Bertz CT molecular complexity index is 494. The van der Waals surface area contributed by atoms with E-state index in [2.05, 4.69) is 83.4 Å². The summed E-state index contributed by atoms with van der Waals surface area (Å²) in [6, 6.07) is 17.2. The second-order valence-electron chi connectivity index (χ2n) is 4.48. The van der Waals surface area contributed by atoms with E-state index < -0.39 is 0 Å². The largest absolute Gasteiger partial charge is 0.385 e. The molecule has 2 aromatic carbocycles. The van der Waals surface area contributed by atoms with E-state index in [0.717, 1.165) is 19.4 Å². The zero-order valence-electron chi connectivity index (χ0n) is 10.6. The Morgan fingerprint density at radius 3 is 2.61 bits per heavy atom. The van der Waals surface area contributed by atoms with Crippen LogP contribution in [0, 0.1) is 10.5 Å². The average molecular weight is 351 g/mol. The summed E-state index contributed by atoms with van der Waals surface area (Å²) in [7, 11) is 0. The molecule has 0 atom stereocenters. The number of rotatable bonds is 5.